The quantitative estimate of drug-likeness (QED) is 0.735. The number of carbonyl (C=O) groups is 2. The van der Waals surface area contributed by atoms with Gasteiger partial charge in [0.25, 0.3) is 0 Å². The number of hydrogen-bond donors (Lipinski definition) is 2. The number of aliphatic carboxylic acids is 1. The largest absolute Gasteiger partial charge is 0.474 e. The van der Waals surface area contributed by atoms with E-state index in [1.165, 1.54) is 0 Å². The molecule has 0 heterocycles. The maximum atomic E-state index is 10.7. The van der Waals surface area contributed by atoms with Crippen molar-refractivity contribution in [2.24, 2.45) is 0 Å². The van der Waals surface area contributed by atoms with E-state index in [1.807, 2.05) is 0 Å². The molecule has 0 saturated carbocycles. The molecule has 0 fully saturated rings. The molecule has 0 unspecified atom stereocenters. The van der Waals surface area contributed by atoms with Gasteiger partial charge in [-0.1, -0.05) is 12.1 Å². The van der Waals surface area contributed by atoms with Gasteiger partial charge in [-0.2, -0.15) is 0 Å². The number of anilines is 1. The summed E-state index contributed by atoms with van der Waals surface area (Å²) >= 11 is 3.17. The molecule has 5 heteroatoms. The van der Waals surface area contributed by atoms with Crippen molar-refractivity contribution >= 4 is 33.5 Å². The molecule has 1 aromatic rings. The Morgan fingerprint density at radius 2 is 1.92 bits per heavy atom. The van der Waals surface area contributed by atoms with E-state index in [0.717, 1.165) is 0 Å². The van der Waals surface area contributed by atoms with Gasteiger partial charge in [0.1, 0.15) is 0 Å². The van der Waals surface area contributed by atoms with E-state index in [0.29, 0.717) is 10.2 Å². The van der Waals surface area contributed by atoms with Crippen molar-refractivity contribution in [1.82, 2.24) is 0 Å². The molecule has 0 radical (unpaired) electrons. The van der Waals surface area contributed by atoms with Crippen LogP contribution in [0.4, 0.5) is 5.69 Å². The highest BCUT2D eigenvalue weighted by Crippen LogP contribution is 2.20. The Morgan fingerprint density at radius 1 is 1.31 bits per heavy atom. The molecule has 0 atom stereocenters. The molecule has 13 heavy (non-hydrogen) atoms. The molecule has 1 amide bonds. The molecule has 0 aromatic heterocycles. The number of hydrogen-bond acceptors (Lipinski definition) is 2. The van der Waals surface area contributed by atoms with Gasteiger partial charge >= 0.3 is 11.9 Å². The predicted octanol–water partition coefficient (Wildman–Crippen LogP) is 1.47. The number of carbonyl (C=O) groups excluding carboxylic acids is 1. The van der Waals surface area contributed by atoms with Gasteiger partial charge in [0, 0.05) is 4.47 Å². The molecule has 0 spiro atoms. The first-order valence-electron chi connectivity index (χ1n) is 3.40. The van der Waals surface area contributed by atoms with E-state index < -0.39 is 11.9 Å². The zero-order valence-electron chi connectivity index (χ0n) is 6.45. The number of amides is 1. The first kappa shape index (κ1) is 9.73. The van der Waals surface area contributed by atoms with E-state index in [2.05, 4.69) is 21.2 Å². The Labute approximate surface area is 82.7 Å². The normalized spacial score (nSPS) is 9.31. The van der Waals surface area contributed by atoms with Crippen LogP contribution in [-0.4, -0.2) is 17.0 Å². The Balaban J connectivity index is 2.81. The SMILES string of the molecule is O=C(O)C(=O)Nc1ccccc1Br. The van der Waals surface area contributed by atoms with Gasteiger partial charge in [0.2, 0.25) is 0 Å². The molecule has 0 bridgehead atoms. The molecule has 2 N–H and O–H groups in total. The topological polar surface area (TPSA) is 66.4 Å². The summed E-state index contributed by atoms with van der Waals surface area (Å²) in [6.07, 6.45) is 0. The molecule has 1 aromatic carbocycles. The van der Waals surface area contributed by atoms with Gasteiger partial charge in [-0.15, -0.1) is 0 Å². The fourth-order valence-electron chi connectivity index (χ4n) is 0.738. The summed E-state index contributed by atoms with van der Waals surface area (Å²) in [6.45, 7) is 0. The molecule has 0 aliphatic heterocycles. The number of para-hydroxylation sites is 1. The second kappa shape index (κ2) is 4.04. The summed E-state index contributed by atoms with van der Waals surface area (Å²) in [5.74, 6) is -2.55. The van der Waals surface area contributed by atoms with Crippen LogP contribution in [-0.2, 0) is 9.59 Å². The van der Waals surface area contributed by atoms with Crippen molar-refractivity contribution in [2.45, 2.75) is 0 Å². The molecular formula is C8H6BrNO3. The van der Waals surface area contributed by atoms with Crippen LogP contribution in [0.2, 0.25) is 0 Å². The van der Waals surface area contributed by atoms with Crippen molar-refractivity contribution < 1.29 is 14.7 Å². The van der Waals surface area contributed by atoms with Crippen LogP contribution in [0.3, 0.4) is 0 Å². The highest BCUT2D eigenvalue weighted by Gasteiger charge is 2.11. The number of nitrogens with one attached hydrogen (secondary N) is 1. The third-order valence-electron chi connectivity index (χ3n) is 1.32. The fraction of sp³-hybridized carbons (Fsp3) is 0. The molecular weight excluding hydrogens is 238 g/mol. The molecule has 68 valence electrons. The summed E-state index contributed by atoms with van der Waals surface area (Å²) in [6, 6.07) is 6.77. The molecule has 0 aliphatic rings. The first-order chi connectivity index (χ1) is 6.11. The van der Waals surface area contributed by atoms with Crippen molar-refractivity contribution in [3.8, 4) is 0 Å². The number of carboxylic acid groups (broad SMARTS) is 1. The highest BCUT2D eigenvalue weighted by molar-refractivity contribution is 9.10. The average Bonchev–Trinajstić information content (AvgIpc) is 2.08. The minimum absolute atomic E-state index is 0.440. The standard InChI is InChI=1S/C8H6BrNO3/c9-5-3-1-2-4-6(5)10-7(11)8(12)13/h1-4H,(H,10,11)(H,12,13). The Bertz CT molecular complexity index is 351. The minimum Gasteiger partial charge on any atom is -0.474 e. The minimum atomic E-state index is -1.50. The Morgan fingerprint density at radius 3 is 2.46 bits per heavy atom. The van der Waals surface area contributed by atoms with Crippen LogP contribution in [0.1, 0.15) is 0 Å². The van der Waals surface area contributed by atoms with Gasteiger partial charge < -0.3 is 10.4 Å². The number of rotatable bonds is 1. The lowest BCUT2D eigenvalue weighted by atomic mass is 10.3. The van der Waals surface area contributed by atoms with Gasteiger partial charge in [0.05, 0.1) is 5.69 Å². The van der Waals surface area contributed by atoms with Crippen LogP contribution in [0.25, 0.3) is 0 Å². The van der Waals surface area contributed by atoms with Crippen molar-refractivity contribution in [1.29, 1.82) is 0 Å². The first-order valence-corrected chi connectivity index (χ1v) is 4.19. The van der Waals surface area contributed by atoms with Gasteiger partial charge in [0.15, 0.2) is 0 Å². The molecule has 0 saturated heterocycles. The fourth-order valence-corrected chi connectivity index (χ4v) is 1.12. The van der Waals surface area contributed by atoms with Gasteiger partial charge in [-0.3, -0.25) is 4.79 Å². The van der Waals surface area contributed by atoms with Crippen molar-refractivity contribution in [3.63, 3.8) is 0 Å². The zero-order valence-corrected chi connectivity index (χ0v) is 8.04. The van der Waals surface area contributed by atoms with Gasteiger partial charge in [-0.05, 0) is 28.1 Å². The lowest BCUT2D eigenvalue weighted by molar-refractivity contribution is -0.147. The third kappa shape index (κ3) is 2.55. The van der Waals surface area contributed by atoms with E-state index in [4.69, 9.17) is 5.11 Å². The second-order valence-corrected chi connectivity index (χ2v) is 3.09. The van der Waals surface area contributed by atoms with E-state index >= 15 is 0 Å². The maximum Gasteiger partial charge on any atom is 0.394 e. The average molecular weight is 244 g/mol. The number of carboxylic acids is 1. The van der Waals surface area contributed by atoms with Gasteiger partial charge in [-0.25, -0.2) is 4.79 Å². The lowest BCUT2D eigenvalue weighted by Gasteiger charge is -2.03. The summed E-state index contributed by atoms with van der Waals surface area (Å²) in [5, 5.41) is 10.5. The second-order valence-electron chi connectivity index (χ2n) is 2.24. The summed E-state index contributed by atoms with van der Waals surface area (Å²) in [4.78, 5) is 20.9. The zero-order chi connectivity index (χ0) is 9.84. The van der Waals surface area contributed by atoms with Crippen molar-refractivity contribution in [3.05, 3.63) is 28.7 Å². The predicted molar refractivity (Wildman–Crippen MR) is 50.4 cm³/mol. The molecule has 4 nitrogen and oxygen atoms in total. The lowest BCUT2D eigenvalue weighted by Crippen LogP contribution is -2.21. The summed E-state index contributed by atoms with van der Waals surface area (Å²) in [7, 11) is 0. The smallest absolute Gasteiger partial charge is 0.394 e. The monoisotopic (exact) mass is 243 g/mol. The van der Waals surface area contributed by atoms with Crippen LogP contribution >= 0.6 is 15.9 Å². The number of benzene rings is 1. The summed E-state index contributed by atoms with van der Waals surface area (Å²) in [5.41, 5.74) is 0.440. The van der Waals surface area contributed by atoms with Crippen molar-refractivity contribution in [2.75, 3.05) is 5.32 Å². The Hall–Kier alpha value is -1.36. The molecule has 0 aliphatic carbocycles. The molecule has 1 rings (SSSR count). The van der Waals surface area contributed by atoms with E-state index in [9.17, 15) is 9.59 Å². The van der Waals surface area contributed by atoms with Crippen LogP contribution < -0.4 is 5.32 Å². The summed E-state index contributed by atoms with van der Waals surface area (Å²) < 4.78 is 0.643. The third-order valence-corrected chi connectivity index (χ3v) is 2.01. The number of halogens is 1. The maximum absolute atomic E-state index is 10.7. The highest BCUT2D eigenvalue weighted by atomic mass is 79.9. The van der Waals surface area contributed by atoms with Crippen LogP contribution in [0.15, 0.2) is 28.7 Å². The van der Waals surface area contributed by atoms with E-state index in [-0.39, 0.29) is 0 Å². The van der Waals surface area contributed by atoms with Crippen LogP contribution in [0.5, 0.6) is 0 Å². The Kier molecular flexibility index (Phi) is 3.02. The van der Waals surface area contributed by atoms with E-state index in [1.54, 1.807) is 24.3 Å². The van der Waals surface area contributed by atoms with Crippen LogP contribution in [0, 0.1) is 0 Å².